The van der Waals surface area contributed by atoms with Gasteiger partial charge in [-0.15, -0.1) is 0 Å². The largest absolute Gasteiger partial charge is 0.356 e. The number of piperidine rings is 1. The van der Waals surface area contributed by atoms with E-state index in [9.17, 15) is 9.59 Å². The predicted octanol–water partition coefficient (Wildman–Crippen LogP) is 3.58. The van der Waals surface area contributed by atoms with Crippen LogP contribution in [0.15, 0.2) is 60.7 Å². The Kier molecular flexibility index (Phi) is 6.64. The van der Waals surface area contributed by atoms with Crippen LogP contribution in [0.3, 0.4) is 0 Å². The molecule has 0 spiro atoms. The fourth-order valence-electron chi connectivity index (χ4n) is 3.81. The Labute approximate surface area is 161 Å². The van der Waals surface area contributed by atoms with E-state index in [-0.39, 0.29) is 23.7 Å². The average Bonchev–Trinajstić information content (AvgIpc) is 2.73. The number of hydrogen-bond acceptors (Lipinski definition) is 2. The molecule has 142 valence electrons. The van der Waals surface area contributed by atoms with Gasteiger partial charge in [-0.2, -0.15) is 0 Å². The number of benzene rings is 2. The summed E-state index contributed by atoms with van der Waals surface area (Å²) in [4.78, 5) is 26.9. The summed E-state index contributed by atoms with van der Waals surface area (Å²) in [6.07, 6.45) is 1.96. The van der Waals surface area contributed by atoms with Gasteiger partial charge in [-0.05, 0) is 30.9 Å². The number of nitrogens with zero attached hydrogens (tertiary/aromatic N) is 1. The normalized spacial score (nSPS) is 15.0. The van der Waals surface area contributed by atoms with Crippen LogP contribution >= 0.6 is 0 Å². The van der Waals surface area contributed by atoms with Gasteiger partial charge >= 0.3 is 0 Å². The molecule has 0 saturated carbocycles. The van der Waals surface area contributed by atoms with Crippen molar-refractivity contribution in [1.29, 1.82) is 0 Å². The lowest BCUT2D eigenvalue weighted by Gasteiger charge is -2.32. The van der Waals surface area contributed by atoms with E-state index < -0.39 is 0 Å². The van der Waals surface area contributed by atoms with E-state index in [0.717, 1.165) is 24.0 Å². The third-order valence-electron chi connectivity index (χ3n) is 5.35. The first kappa shape index (κ1) is 19.2. The number of amides is 2. The van der Waals surface area contributed by atoms with Crippen LogP contribution in [-0.4, -0.2) is 36.3 Å². The standard InChI is InChI=1S/C23H28N2O2/c1-2-24-23(27)20-13-15-25(16-14-20)22(26)17-21(18-9-5-3-6-10-18)19-11-7-4-8-12-19/h3-12,20-21H,2,13-17H2,1H3,(H,24,27). The number of nitrogens with one attached hydrogen (secondary N) is 1. The third-order valence-corrected chi connectivity index (χ3v) is 5.35. The van der Waals surface area contributed by atoms with Crippen LogP contribution in [0.4, 0.5) is 0 Å². The molecule has 1 aliphatic rings. The topological polar surface area (TPSA) is 49.4 Å². The number of carbonyl (C=O) groups is 2. The lowest BCUT2D eigenvalue weighted by atomic mass is 9.87. The van der Waals surface area contributed by atoms with Crippen LogP contribution in [0.5, 0.6) is 0 Å². The van der Waals surface area contributed by atoms with Crippen molar-refractivity contribution in [3.05, 3.63) is 71.8 Å². The molecule has 2 aromatic carbocycles. The van der Waals surface area contributed by atoms with E-state index in [1.54, 1.807) is 0 Å². The molecule has 0 aliphatic carbocycles. The monoisotopic (exact) mass is 364 g/mol. The lowest BCUT2D eigenvalue weighted by Crippen LogP contribution is -2.43. The Morgan fingerprint density at radius 1 is 0.963 bits per heavy atom. The zero-order valence-corrected chi connectivity index (χ0v) is 15.9. The van der Waals surface area contributed by atoms with Gasteiger partial charge in [0.2, 0.25) is 11.8 Å². The van der Waals surface area contributed by atoms with Crippen LogP contribution < -0.4 is 5.32 Å². The van der Waals surface area contributed by atoms with E-state index in [1.165, 1.54) is 0 Å². The molecule has 1 aliphatic heterocycles. The summed E-state index contributed by atoms with van der Waals surface area (Å²) >= 11 is 0. The van der Waals surface area contributed by atoms with Gasteiger partial charge in [-0.1, -0.05) is 60.7 Å². The van der Waals surface area contributed by atoms with Crippen molar-refractivity contribution in [2.24, 2.45) is 5.92 Å². The van der Waals surface area contributed by atoms with Crippen molar-refractivity contribution in [3.8, 4) is 0 Å². The molecule has 1 N–H and O–H groups in total. The SMILES string of the molecule is CCNC(=O)C1CCN(C(=O)CC(c2ccccc2)c2ccccc2)CC1. The van der Waals surface area contributed by atoms with Gasteiger partial charge in [0.25, 0.3) is 0 Å². The van der Waals surface area contributed by atoms with Crippen molar-refractivity contribution in [3.63, 3.8) is 0 Å². The summed E-state index contributed by atoms with van der Waals surface area (Å²) in [5, 5.41) is 2.89. The summed E-state index contributed by atoms with van der Waals surface area (Å²) in [6, 6.07) is 20.4. The van der Waals surface area contributed by atoms with Gasteiger partial charge in [0.1, 0.15) is 0 Å². The number of hydrogen-bond donors (Lipinski definition) is 1. The summed E-state index contributed by atoms with van der Waals surface area (Å²) in [5.74, 6) is 0.382. The highest BCUT2D eigenvalue weighted by atomic mass is 16.2. The minimum absolute atomic E-state index is 0.0352. The predicted molar refractivity (Wildman–Crippen MR) is 107 cm³/mol. The highest BCUT2D eigenvalue weighted by Crippen LogP contribution is 2.29. The molecule has 3 rings (SSSR count). The number of rotatable bonds is 6. The fraction of sp³-hybridized carbons (Fsp3) is 0.391. The molecule has 4 nitrogen and oxygen atoms in total. The Bertz CT molecular complexity index is 698. The maximum atomic E-state index is 13.0. The quantitative estimate of drug-likeness (QED) is 0.852. The fourth-order valence-corrected chi connectivity index (χ4v) is 3.81. The molecular weight excluding hydrogens is 336 g/mol. The zero-order valence-electron chi connectivity index (χ0n) is 15.9. The summed E-state index contributed by atoms with van der Waals surface area (Å²) in [5.41, 5.74) is 2.32. The molecule has 0 radical (unpaired) electrons. The van der Waals surface area contributed by atoms with E-state index in [4.69, 9.17) is 0 Å². The van der Waals surface area contributed by atoms with Crippen molar-refractivity contribution in [2.45, 2.75) is 32.1 Å². The molecule has 4 heteroatoms. The maximum absolute atomic E-state index is 13.0. The zero-order chi connectivity index (χ0) is 19.1. The van der Waals surface area contributed by atoms with Crippen molar-refractivity contribution >= 4 is 11.8 Å². The van der Waals surface area contributed by atoms with E-state index >= 15 is 0 Å². The molecular formula is C23H28N2O2. The smallest absolute Gasteiger partial charge is 0.223 e. The molecule has 0 unspecified atom stereocenters. The molecule has 2 amide bonds. The molecule has 0 atom stereocenters. The Morgan fingerprint density at radius 3 is 1.96 bits per heavy atom. The molecule has 27 heavy (non-hydrogen) atoms. The second kappa shape index (κ2) is 9.36. The highest BCUT2D eigenvalue weighted by molar-refractivity contribution is 5.80. The minimum atomic E-state index is 0.0352. The molecule has 1 saturated heterocycles. The first-order chi connectivity index (χ1) is 13.2. The summed E-state index contributed by atoms with van der Waals surface area (Å²) in [6.45, 7) is 3.92. The molecule has 2 aromatic rings. The van der Waals surface area contributed by atoms with E-state index in [2.05, 4.69) is 29.6 Å². The van der Waals surface area contributed by atoms with Gasteiger partial charge in [-0.3, -0.25) is 9.59 Å². The van der Waals surface area contributed by atoms with Gasteiger partial charge < -0.3 is 10.2 Å². The average molecular weight is 364 g/mol. The van der Waals surface area contributed by atoms with Gasteiger partial charge in [0.15, 0.2) is 0 Å². The third kappa shape index (κ3) is 4.97. The highest BCUT2D eigenvalue weighted by Gasteiger charge is 2.28. The second-order valence-corrected chi connectivity index (χ2v) is 7.13. The minimum Gasteiger partial charge on any atom is -0.356 e. The van der Waals surface area contributed by atoms with Crippen LogP contribution in [0.1, 0.15) is 43.2 Å². The maximum Gasteiger partial charge on any atom is 0.223 e. The second-order valence-electron chi connectivity index (χ2n) is 7.13. The van der Waals surface area contributed by atoms with Crippen molar-refractivity contribution < 1.29 is 9.59 Å². The number of carbonyl (C=O) groups excluding carboxylic acids is 2. The lowest BCUT2D eigenvalue weighted by molar-refractivity contribution is -0.135. The van der Waals surface area contributed by atoms with Crippen molar-refractivity contribution in [1.82, 2.24) is 10.2 Å². The van der Waals surface area contributed by atoms with Crippen LogP contribution in [-0.2, 0) is 9.59 Å². The molecule has 0 bridgehead atoms. The first-order valence-electron chi connectivity index (χ1n) is 9.84. The molecule has 1 heterocycles. The van der Waals surface area contributed by atoms with Gasteiger partial charge in [-0.25, -0.2) is 0 Å². The molecule has 0 aromatic heterocycles. The Morgan fingerprint density at radius 2 is 1.48 bits per heavy atom. The van der Waals surface area contributed by atoms with Crippen LogP contribution in [0.25, 0.3) is 0 Å². The summed E-state index contributed by atoms with van der Waals surface area (Å²) in [7, 11) is 0. The molecule has 1 fully saturated rings. The summed E-state index contributed by atoms with van der Waals surface area (Å²) < 4.78 is 0. The van der Waals surface area contributed by atoms with Gasteiger partial charge in [0.05, 0.1) is 0 Å². The first-order valence-corrected chi connectivity index (χ1v) is 9.84. The van der Waals surface area contributed by atoms with E-state index in [0.29, 0.717) is 26.1 Å². The van der Waals surface area contributed by atoms with Crippen molar-refractivity contribution in [2.75, 3.05) is 19.6 Å². The van der Waals surface area contributed by atoms with Gasteiger partial charge in [0, 0.05) is 37.9 Å². The Balaban J connectivity index is 1.66. The Hall–Kier alpha value is -2.62. The number of likely N-dealkylation sites (tertiary alicyclic amines) is 1. The van der Waals surface area contributed by atoms with E-state index in [1.807, 2.05) is 48.2 Å². The van der Waals surface area contributed by atoms with Crippen LogP contribution in [0, 0.1) is 5.92 Å². The van der Waals surface area contributed by atoms with Crippen LogP contribution in [0.2, 0.25) is 0 Å².